The summed E-state index contributed by atoms with van der Waals surface area (Å²) >= 11 is 0. The quantitative estimate of drug-likeness (QED) is 0.739. The van der Waals surface area contributed by atoms with E-state index in [0.29, 0.717) is 0 Å². The summed E-state index contributed by atoms with van der Waals surface area (Å²) in [5.41, 5.74) is 0. The van der Waals surface area contributed by atoms with Crippen molar-refractivity contribution in [1.29, 1.82) is 0 Å². The summed E-state index contributed by atoms with van der Waals surface area (Å²) in [6.07, 6.45) is 2.26. The molecule has 0 fully saturated rings. The molecule has 0 atom stereocenters. The van der Waals surface area contributed by atoms with Gasteiger partial charge in [-0.05, 0) is 6.26 Å². The van der Waals surface area contributed by atoms with Gasteiger partial charge < -0.3 is 15.4 Å². The molecule has 0 aliphatic rings. The normalized spacial score (nSPS) is 8.31. The maximum absolute atomic E-state index is 9.95. The number of carbonyl (C=O) groups is 1. The number of carboxylic acids is 1. The molecule has 4 heteroatoms. The van der Waals surface area contributed by atoms with Gasteiger partial charge in [-0.3, -0.25) is 4.79 Å². The molecular formula is C9H12CrO3. The maximum Gasteiger partial charge on any atom is 2.00 e. The van der Waals surface area contributed by atoms with E-state index in [2.05, 4.69) is 31.5 Å². The molecule has 72 valence electrons. The van der Waals surface area contributed by atoms with Crippen LogP contribution in [0.4, 0.5) is 0 Å². The van der Waals surface area contributed by atoms with Crippen LogP contribution in [0.15, 0.2) is 16.5 Å². The van der Waals surface area contributed by atoms with E-state index in [1.54, 1.807) is 0 Å². The summed E-state index contributed by atoms with van der Waals surface area (Å²) in [7, 11) is 0. The molecule has 1 aromatic heterocycles. The van der Waals surface area contributed by atoms with Gasteiger partial charge >= 0.3 is 23.3 Å². The second kappa shape index (κ2) is 7.91. The van der Waals surface area contributed by atoms with Gasteiger partial charge in [0.25, 0.3) is 0 Å². The largest absolute Gasteiger partial charge is 2.00 e. The van der Waals surface area contributed by atoms with Crippen molar-refractivity contribution in [2.45, 2.75) is 20.8 Å². The molecule has 0 radical (unpaired) electrons. The van der Waals surface area contributed by atoms with Gasteiger partial charge in [-0.1, -0.05) is 0 Å². The second-order valence-corrected chi connectivity index (χ2v) is 2.72. The Morgan fingerprint density at radius 1 is 1.54 bits per heavy atom. The maximum atomic E-state index is 9.95. The average molecular weight is 220 g/mol. The number of hydrogen-bond donors (Lipinski definition) is 1. The van der Waals surface area contributed by atoms with Crippen molar-refractivity contribution in [2.24, 2.45) is 0 Å². The van der Waals surface area contributed by atoms with Crippen molar-refractivity contribution in [3.05, 3.63) is 30.1 Å². The molecule has 0 aromatic carbocycles. The van der Waals surface area contributed by atoms with Crippen molar-refractivity contribution >= 4 is 5.97 Å². The zero-order valence-electron chi connectivity index (χ0n) is 7.83. The van der Waals surface area contributed by atoms with Crippen molar-refractivity contribution in [2.75, 3.05) is 0 Å². The standard InChI is InChI=1S/C5H3O3.C4H9.Cr/c6-5(7)4-2-1-3-8-4;1-4(2)3;/h1-2H,(H,6,7);1-3H3;/q2*-1;+2. The molecule has 1 rings (SSSR count). The molecule has 0 bridgehead atoms. The predicted molar refractivity (Wildman–Crippen MR) is 44.8 cm³/mol. The van der Waals surface area contributed by atoms with Gasteiger partial charge in [-0.2, -0.15) is 26.8 Å². The minimum Gasteiger partial charge on any atom is -0.585 e. The topological polar surface area (TPSA) is 50.4 Å². The number of furan rings is 1. The fraction of sp³-hybridized carbons (Fsp3) is 0.333. The Kier molecular flexibility index (Phi) is 8.99. The summed E-state index contributed by atoms with van der Waals surface area (Å²) in [5.74, 6) is 0.274. The Labute approximate surface area is 88.9 Å². The van der Waals surface area contributed by atoms with Crippen molar-refractivity contribution in [3.8, 4) is 0 Å². The third kappa shape index (κ3) is 9.19. The average Bonchev–Trinajstić information content (AvgIpc) is 2.34. The summed E-state index contributed by atoms with van der Waals surface area (Å²) in [6, 6.07) is 2.74. The molecule has 0 saturated heterocycles. The zero-order valence-corrected chi connectivity index (χ0v) is 9.10. The van der Waals surface area contributed by atoms with E-state index in [9.17, 15) is 4.79 Å². The van der Waals surface area contributed by atoms with Gasteiger partial charge in [0.15, 0.2) is 0 Å². The van der Waals surface area contributed by atoms with Crippen LogP contribution < -0.4 is 0 Å². The van der Waals surface area contributed by atoms with E-state index >= 15 is 0 Å². The molecule has 0 aliphatic carbocycles. The molecule has 13 heavy (non-hydrogen) atoms. The summed E-state index contributed by atoms with van der Waals surface area (Å²) in [6.45, 7) is 6.25. The molecular weight excluding hydrogens is 208 g/mol. The van der Waals surface area contributed by atoms with Crippen molar-refractivity contribution in [1.82, 2.24) is 0 Å². The Bertz CT molecular complexity index is 214. The van der Waals surface area contributed by atoms with Crippen LogP contribution >= 0.6 is 0 Å². The molecule has 0 saturated carbocycles. The number of hydrogen-bond acceptors (Lipinski definition) is 2. The Balaban J connectivity index is 0. The zero-order chi connectivity index (χ0) is 9.56. The molecule has 1 N–H and O–H groups in total. The van der Waals surface area contributed by atoms with Gasteiger partial charge in [-0.25, -0.2) is 0 Å². The monoisotopic (exact) mass is 220 g/mol. The summed E-state index contributed by atoms with van der Waals surface area (Å²) in [5, 5.41) is 8.16. The third-order valence-electron chi connectivity index (χ3n) is 0.682. The molecule has 0 unspecified atom stereocenters. The van der Waals surface area contributed by atoms with E-state index in [4.69, 9.17) is 5.11 Å². The minimum absolute atomic E-state index is 0. The van der Waals surface area contributed by atoms with E-state index in [0.717, 1.165) is 0 Å². The molecule has 3 nitrogen and oxygen atoms in total. The Morgan fingerprint density at radius 3 is 2.15 bits per heavy atom. The number of aromatic carboxylic acids is 1. The van der Waals surface area contributed by atoms with E-state index < -0.39 is 5.97 Å². The first kappa shape index (κ1) is 14.8. The van der Waals surface area contributed by atoms with Crippen LogP contribution in [0.2, 0.25) is 0 Å². The molecule has 0 amide bonds. The Hall–Kier alpha value is -0.718. The molecule has 1 heterocycles. The van der Waals surface area contributed by atoms with Crippen LogP contribution in [0.25, 0.3) is 0 Å². The van der Waals surface area contributed by atoms with Gasteiger partial charge in [0.1, 0.15) is 0 Å². The van der Waals surface area contributed by atoms with Crippen molar-refractivity contribution in [3.63, 3.8) is 0 Å². The molecule has 0 spiro atoms. The number of rotatable bonds is 1. The smallest absolute Gasteiger partial charge is 0.585 e. The Morgan fingerprint density at radius 2 is 2.00 bits per heavy atom. The predicted octanol–water partition coefficient (Wildman–Crippen LogP) is 2.40. The first-order valence-electron chi connectivity index (χ1n) is 3.50. The van der Waals surface area contributed by atoms with Crippen molar-refractivity contribution < 1.29 is 31.7 Å². The van der Waals surface area contributed by atoms with E-state index in [1.165, 1.54) is 18.1 Å². The minimum atomic E-state index is -1.06. The van der Waals surface area contributed by atoms with Crippen LogP contribution in [0, 0.1) is 12.2 Å². The van der Waals surface area contributed by atoms with E-state index in [1.807, 2.05) is 0 Å². The summed E-state index contributed by atoms with van der Waals surface area (Å²) in [4.78, 5) is 9.95. The van der Waals surface area contributed by atoms with Gasteiger partial charge in [0.2, 0.25) is 0 Å². The van der Waals surface area contributed by atoms with Crippen LogP contribution in [0.3, 0.4) is 0 Å². The first-order chi connectivity index (χ1) is 5.54. The van der Waals surface area contributed by atoms with Crippen LogP contribution in [-0.2, 0) is 17.4 Å². The SMILES string of the molecule is C[C-](C)C.O=C(O)c1cc[c-]o1.[Cr+2]. The summed E-state index contributed by atoms with van der Waals surface area (Å²) < 4.78 is 4.37. The first-order valence-corrected chi connectivity index (χ1v) is 3.50. The van der Waals surface area contributed by atoms with Crippen LogP contribution in [0.5, 0.6) is 0 Å². The van der Waals surface area contributed by atoms with Crippen LogP contribution in [0.1, 0.15) is 31.3 Å². The molecule has 0 aliphatic heterocycles. The fourth-order valence-corrected chi connectivity index (χ4v) is 0.356. The van der Waals surface area contributed by atoms with Gasteiger partial charge in [0.05, 0.1) is 5.76 Å². The van der Waals surface area contributed by atoms with Gasteiger partial charge in [0, 0.05) is 0 Å². The molecule has 1 aromatic rings. The third-order valence-corrected chi connectivity index (χ3v) is 0.682. The second-order valence-electron chi connectivity index (χ2n) is 2.72. The van der Waals surface area contributed by atoms with Crippen LogP contribution in [-0.4, -0.2) is 11.1 Å². The number of carboxylic acid groups (broad SMARTS) is 1. The van der Waals surface area contributed by atoms with Gasteiger partial charge in [-0.15, -0.1) is 6.07 Å². The fourth-order valence-electron chi connectivity index (χ4n) is 0.356. The van der Waals surface area contributed by atoms with E-state index in [-0.39, 0.29) is 23.1 Å².